The molecule has 0 fully saturated rings. The van der Waals surface area contributed by atoms with Crippen molar-refractivity contribution in [3.63, 3.8) is 0 Å². The summed E-state index contributed by atoms with van der Waals surface area (Å²) in [6.45, 7) is 1.86. The molecule has 22 heavy (non-hydrogen) atoms. The third-order valence-corrected chi connectivity index (χ3v) is 4.40. The summed E-state index contributed by atoms with van der Waals surface area (Å²) >= 11 is 0. The number of benzene rings is 2. The number of nitrogens with two attached hydrogens (primary N) is 1. The van der Waals surface area contributed by atoms with Crippen LogP contribution in [-0.4, -0.2) is 21.4 Å². The SMILES string of the molecule is COc1ccc(S(=O)(=O)Nc2cccc(C)c2)cc1C(N)=O. The lowest BCUT2D eigenvalue weighted by Gasteiger charge is -2.11. The smallest absolute Gasteiger partial charge is 0.261 e. The van der Waals surface area contributed by atoms with Gasteiger partial charge in [0.1, 0.15) is 5.75 Å². The number of aryl methyl sites for hydroxylation is 1. The molecule has 0 aliphatic rings. The Balaban J connectivity index is 2.41. The first kappa shape index (κ1) is 15.8. The van der Waals surface area contributed by atoms with Crippen molar-refractivity contribution in [2.24, 2.45) is 5.73 Å². The minimum Gasteiger partial charge on any atom is -0.496 e. The zero-order chi connectivity index (χ0) is 16.3. The van der Waals surface area contributed by atoms with E-state index in [-0.39, 0.29) is 16.2 Å². The molecule has 3 N–H and O–H groups in total. The van der Waals surface area contributed by atoms with Crippen molar-refractivity contribution in [1.82, 2.24) is 0 Å². The van der Waals surface area contributed by atoms with E-state index >= 15 is 0 Å². The van der Waals surface area contributed by atoms with Crippen LogP contribution in [-0.2, 0) is 10.0 Å². The highest BCUT2D eigenvalue weighted by atomic mass is 32.2. The minimum absolute atomic E-state index is 0.00890. The average Bonchev–Trinajstić information content (AvgIpc) is 2.46. The van der Waals surface area contributed by atoms with Crippen LogP contribution >= 0.6 is 0 Å². The van der Waals surface area contributed by atoms with Gasteiger partial charge in [-0.25, -0.2) is 8.42 Å². The molecule has 1 amide bonds. The Kier molecular flexibility index (Phi) is 4.37. The van der Waals surface area contributed by atoms with E-state index in [1.165, 1.54) is 25.3 Å². The maximum absolute atomic E-state index is 12.4. The number of sulfonamides is 1. The first-order valence-electron chi connectivity index (χ1n) is 6.41. The number of methoxy groups -OCH3 is 1. The molecule has 2 aromatic carbocycles. The van der Waals surface area contributed by atoms with E-state index in [4.69, 9.17) is 10.5 Å². The molecule has 0 atom stereocenters. The van der Waals surface area contributed by atoms with Crippen molar-refractivity contribution >= 4 is 21.6 Å². The molecule has 0 aliphatic heterocycles. The van der Waals surface area contributed by atoms with Gasteiger partial charge in [0.25, 0.3) is 15.9 Å². The van der Waals surface area contributed by atoms with Gasteiger partial charge in [0, 0.05) is 5.69 Å². The standard InChI is InChI=1S/C15H16N2O4S/c1-10-4-3-5-11(8-10)17-22(19,20)12-6-7-14(21-2)13(9-12)15(16)18/h3-9,17H,1-2H3,(H2,16,18). The third kappa shape index (κ3) is 3.37. The van der Waals surface area contributed by atoms with Crippen LogP contribution in [0.3, 0.4) is 0 Å². The second-order valence-corrected chi connectivity index (χ2v) is 6.38. The molecule has 116 valence electrons. The third-order valence-electron chi connectivity index (χ3n) is 3.02. The maximum Gasteiger partial charge on any atom is 0.261 e. The summed E-state index contributed by atoms with van der Waals surface area (Å²) in [5.74, 6) is -0.536. The van der Waals surface area contributed by atoms with Crippen LogP contribution in [0.15, 0.2) is 47.4 Å². The fraction of sp³-hybridized carbons (Fsp3) is 0.133. The van der Waals surface area contributed by atoms with Gasteiger partial charge in [0.2, 0.25) is 0 Å². The van der Waals surface area contributed by atoms with Crippen molar-refractivity contribution < 1.29 is 17.9 Å². The van der Waals surface area contributed by atoms with Gasteiger partial charge in [-0.1, -0.05) is 12.1 Å². The molecule has 0 unspecified atom stereocenters. The van der Waals surface area contributed by atoms with Gasteiger partial charge in [-0.05, 0) is 42.8 Å². The van der Waals surface area contributed by atoms with Crippen molar-refractivity contribution in [3.8, 4) is 5.75 Å². The number of carbonyl (C=O) groups excluding carboxylic acids is 1. The van der Waals surface area contributed by atoms with Gasteiger partial charge in [-0.3, -0.25) is 9.52 Å². The summed E-state index contributed by atoms with van der Waals surface area (Å²) in [6.07, 6.45) is 0. The molecule has 6 nitrogen and oxygen atoms in total. The summed E-state index contributed by atoms with van der Waals surface area (Å²) in [5, 5.41) is 0. The molecular formula is C15H16N2O4S. The van der Waals surface area contributed by atoms with E-state index in [0.29, 0.717) is 5.69 Å². The molecule has 0 aromatic heterocycles. The van der Waals surface area contributed by atoms with Crippen molar-refractivity contribution in [2.75, 3.05) is 11.8 Å². The van der Waals surface area contributed by atoms with Crippen LogP contribution in [0.1, 0.15) is 15.9 Å². The molecule has 7 heteroatoms. The van der Waals surface area contributed by atoms with Crippen molar-refractivity contribution in [2.45, 2.75) is 11.8 Å². The average molecular weight is 320 g/mol. The number of primary amides is 1. The fourth-order valence-corrected chi connectivity index (χ4v) is 3.04. The van der Waals surface area contributed by atoms with Gasteiger partial charge in [0.15, 0.2) is 0 Å². The highest BCUT2D eigenvalue weighted by molar-refractivity contribution is 7.92. The Morgan fingerprint density at radius 3 is 2.50 bits per heavy atom. The number of amides is 1. The highest BCUT2D eigenvalue weighted by Crippen LogP contribution is 2.24. The Morgan fingerprint density at radius 2 is 1.91 bits per heavy atom. The quantitative estimate of drug-likeness (QED) is 0.879. The van der Waals surface area contributed by atoms with Gasteiger partial charge < -0.3 is 10.5 Å². The zero-order valence-corrected chi connectivity index (χ0v) is 13.0. The summed E-state index contributed by atoms with van der Waals surface area (Å²) in [7, 11) is -2.45. The normalized spacial score (nSPS) is 11.0. The fourth-order valence-electron chi connectivity index (χ4n) is 1.97. The highest BCUT2D eigenvalue weighted by Gasteiger charge is 2.18. The van der Waals surface area contributed by atoms with E-state index in [1.807, 2.05) is 13.0 Å². The predicted octanol–water partition coefficient (Wildman–Crippen LogP) is 1.90. The minimum atomic E-state index is -3.82. The van der Waals surface area contributed by atoms with Gasteiger partial charge in [-0.2, -0.15) is 0 Å². The van der Waals surface area contributed by atoms with Crippen molar-refractivity contribution in [1.29, 1.82) is 0 Å². The van der Waals surface area contributed by atoms with E-state index in [9.17, 15) is 13.2 Å². The number of nitrogens with one attached hydrogen (secondary N) is 1. The monoisotopic (exact) mass is 320 g/mol. The molecule has 0 radical (unpaired) electrons. The summed E-state index contributed by atoms with van der Waals surface area (Å²) < 4.78 is 32.2. The van der Waals surface area contributed by atoms with Crippen LogP contribution in [0.2, 0.25) is 0 Å². The molecule has 0 heterocycles. The molecule has 2 rings (SSSR count). The Hall–Kier alpha value is -2.54. The van der Waals surface area contributed by atoms with Crippen LogP contribution in [0.5, 0.6) is 5.75 Å². The Morgan fingerprint density at radius 1 is 1.18 bits per heavy atom. The number of rotatable bonds is 5. The molecular weight excluding hydrogens is 304 g/mol. The van der Waals surface area contributed by atoms with Gasteiger partial charge in [-0.15, -0.1) is 0 Å². The molecule has 0 aliphatic carbocycles. The van der Waals surface area contributed by atoms with E-state index in [0.717, 1.165) is 5.56 Å². The number of carbonyl (C=O) groups is 1. The van der Waals surface area contributed by atoms with E-state index < -0.39 is 15.9 Å². The van der Waals surface area contributed by atoms with Crippen LogP contribution in [0.25, 0.3) is 0 Å². The molecule has 0 bridgehead atoms. The second kappa shape index (κ2) is 6.07. The lowest BCUT2D eigenvalue weighted by atomic mass is 10.2. The Labute approximate surface area is 129 Å². The summed E-state index contributed by atoms with van der Waals surface area (Å²) in [6, 6.07) is 10.9. The summed E-state index contributed by atoms with van der Waals surface area (Å²) in [5.41, 5.74) is 6.61. The molecule has 0 spiro atoms. The number of hydrogen-bond donors (Lipinski definition) is 2. The lowest BCUT2D eigenvalue weighted by molar-refractivity contribution is 0.0997. The lowest BCUT2D eigenvalue weighted by Crippen LogP contribution is -2.16. The molecule has 2 aromatic rings. The first-order valence-corrected chi connectivity index (χ1v) is 7.89. The second-order valence-electron chi connectivity index (χ2n) is 4.70. The Bertz CT molecular complexity index is 816. The number of anilines is 1. The van der Waals surface area contributed by atoms with E-state index in [2.05, 4.69) is 4.72 Å². The molecule has 0 saturated carbocycles. The number of ether oxygens (including phenoxy) is 1. The topological polar surface area (TPSA) is 98.5 Å². The van der Waals surface area contributed by atoms with E-state index in [1.54, 1.807) is 18.2 Å². The number of hydrogen-bond acceptors (Lipinski definition) is 4. The van der Waals surface area contributed by atoms with Gasteiger partial charge >= 0.3 is 0 Å². The largest absolute Gasteiger partial charge is 0.496 e. The predicted molar refractivity (Wildman–Crippen MR) is 83.5 cm³/mol. The van der Waals surface area contributed by atoms with Crippen LogP contribution in [0.4, 0.5) is 5.69 Å². The molecule has 0 saturated heterocycles. The maximum atomic E-state index is 12.4. The van der Waals surface area contributed by atoms with Crippen LogP contribution in [0, 0.1) is 6.92 Å². The van der Waals surface area contributed by atoms with Crippen molar-refractivity contribution in [3.05, 3.63) is 53.6 Å². The van der Waals surface area contributed by atoms with Gasteiger partial charge in [0.05, 0.1) is 17.6 Å². The zero-order valence-electron chi connectivity index (χ0n) is 12.2. The summed E-state index contributed by atoms with van der Waals surface area (Å²) in [4.78, 5) is 11.3. The first-order chi connectivity index (χ1) is 10.3. The van der Waals surface area contributed by atoms with Crippen LogP contribution < -0.4 is 15.2 Å².